The molecule has 1 aromatic rings. The zero-order chi connectivity index (χ0) is 14.4. The molecule has 0 aliphatic carbocycles. The summed E-state index contributed by atoms with van der Waals surface area (Å²) in [6.07, 6.45) is 0.760. The first-order valence-electron chi connectivity index (χ1n) is 6.17. The Morgan fingerprint density at radius 2 is 2.21 bits per heavy atom. The molecule has 0 fully saturated rings. The highest BCUT2D eigenvalue weighted by atomic mass is 16.6. The Labute approximate surface area is 111 Å². The van der Waals surface area contributed by atoms with E-state index in [2.05, 4.69) is 5.32 Å². The minimum Gasteiger partial charge on any atom is -0.391 e. The van der Waals surface area contributed by atoms with Gasteiger partial charge in [0, 0.05) is 12.1 Å². The van der Waals surface area contributed by atoms with Crippen LogP contribution in [0.5, 0.6) is 0 Å². The zero-order valence-corrected chi connectivity index (χ0v) is 11.0. The van der Waals surface area contributed by atoms with Crippen LogP contribution in [0.4, 0.5) is 5.69 Å². The largest absolute Gasteiger partial charge is 0.391 e. The Bertz CT molecular complexity index is 474. The molecule has 0 heterocycles. The van der Waals surface area contributed by atoms with Crippen LogP contribution >= 0.6 is 0 Å². The number of nitro groups is 1. The van der Waals surface area contributed by atoms with E-state index in [1.54, 1.807) is 19.1 Å². The van der Waals surface area contributed by atoms with E-state index in [-0.39, 0.29) is 17.8 Å². The van der Waals surface area contributed by atoms with Gasteiger partial charge in [-0.15, -0.1) is 0 Å². The van der Waals surface area contributed by atoms with Gasteiger partial charge in [-0.2, -0.15) is 0 Å². The number of benzene rings is 1. The molecule has 0 bridgehead atoms. The first-order valence-corrected chi connectivity index (χ1v) is 6.17. The molecule has 2 N–H and O–H groups in total. The summed E-state index contributed by atoms with van der Waals surface area (Å²) < 4.78 is 0. The van der Waals surface area contributed by atoms with Crippen LogP contribution in [0.15, 0.2) is 18.2 Å². The second kappa shape index (κ2) is 6.84. The number of carbonyl (C=O) groups is 1. The Hall–Kier alpha value is -1.95. The van der Waals surface area contributed by atoms with Crippen molar-refractivity contribution in [1.29, 1.82) is 0 Å². The number of nitrogens with zero attached hydrogens (tertiary/aromatic N) is 1. The lowest BCUT2D eigenvalue weighted by molar-refractivity contribution is -0.385. The van der Waals surface area contributed by atoms with E-state index in [1.165, 1.54) is 6.07 Å². The number of carbonyl (C=O) groups excluding carboxylic acids is 1. The topological polar surface area (TPSA) is 92.5 Å². The molecule has 0 aliphatic heterocycles. The number of aliphatic hydroxyl groups is 1. The summed E-state index contributed by atoms with van der Waals surface area (Å²) in [7, 11) is 0. The molecular formula is C13H18N2O4. The number of para-hydroxylation sites is 1. The molecule has 0 saturated carbocycles. The average Bonchev–Trinajstić information content (AvgIpc) is 2.35. The third-order valence-corrected chi connectivity index (χ3v) is 2.79. The molecule has 0 radical (unpaired) electrons. The SMILES string of the molecule is CCCC(O)CNC(=O)c1cccc(C)c1[N+](=O)[O-]. The molecule has 1 amide bonds. The zero-order valence-electron chi connectivity index (χ0n) is 11.0. The highest BCUT2D eigenvalue weighted by Gasteiger charge is 2.22. The molecule has 1 aromatic carbocycles. The van der Waals surface area contributed by atoms with Crippen LogP contribution in [0, 0.1) is 17.0 Å². The Kier molecular flexibility index (Phi) is 5.44. The van der Waals surface area contributed by atoms with Gasteiger partial charge in [0.25, 0.3) is 11.6 Å². The van der Waals surface area contributed by atoms with Crippen molar-refractivity contribution in [2.75, 3.05) is 6.54 Å². The summed E-state index contributed by atoms with van der Waals surface area (Å²) in [6.45, 7) is 3.61. The van der Waals surface area contributed by atoms with E-state index in [0.29, 0.717) is 12.0 Å². The average molecular weight is 266 g/mol. The maximum atomic E-state index is 11.9. The predicted octanol–water partition coefficient (Wildman–Crippen LogP) is 1.79. The maximum absolute atomic E-state index is 11.9. The molecule has 1 unspecified atom stereocenters. The molecule has 19 heavy (non-hydrogen) atoms. The first-order chi connectivity index (χ1) is 8.97. The fourth-order valence-electron chi connectivity index (χ4n) is 1.83. The summed E-state index contributed by atoms with van der Waals surface area (Å²) in [5.41, 5.74) is 0.269. The van der Waals surface area contributed by atoms with E-state index in [1.807, 2.05) is 6.92 Å². The first kappa shape index (κ1) is 15.1. The Morgan fingerprint density at radius 1 is 1.53 bits per heavy atom. The van der Waals surface area contributed by atoms with Gasteiger partial charge in [0.1, 0.15) is 5.56 Å². The van der Waals surface area contributed by atoms with Crippen LogP contribution in [0.25, 0.3) is 0 Å². The number of hydrogen-bond acceptors (Lipinski definition) is 4. The maximum Gasteiger partial charge on any atom is 0.285 e. The monoisotopic (exact) mass is 266 g/mol. The van der Waals surface area contributed by atoms with Crippen LogP contribution in [0.3, 0.4) is 0 Å². The van der Waals surface area contributed by atoms with Gasteiger partial charge in [0.05, 0.1) is 11.0 Å². The number of amides is 1. The number of aryl methyl sites for hydroxylation is 1. The van der Waals surface area contributed by atoms with Crippen LogP contribution in [0.2, 0.25) is 0 Å². The van der Waals surface area contributed by atoms with Gasteiger partial charge in [0.15, 0.2) is 0 Å². The summed E-state index contributed by atoms with van der Waals surface area (Å²) >= 11 is 0. The van der Waals surface area contributed by atoms with Crippen molar-refractivity contribution in [3.63, 3.8) is 0 Å². The van der Waals surface area contributed by atoms with E-state index < -0.39 is 16.9 Å². The van der Waals surface area contributed by atoms with E-state index in [9.17, 15) is 20.0 Å². The fraction of sp³-hybridized carbons (Fsp3) is 0.462. The Balaban J connectivity index is 2.83. The second-order valence-electron chi connectivity index (χ2n) is 4.38. The molecular weight excluding hydrogens is 248 g/mol. The van der Waals surface area contributed by atoms with Crippen molar-refractivity contribution >= 4 is 11.6 Å². The van der Waals surface area contributed by atoms with Gasteiger partial charge in [-0.25, -0.2) is 0 Å². The molecule has 0 saturated heterocycles. The lowest BCUT2D eigenvalue weighted by atomic mass is 10.1. The minimum atomic E-state index is -0.627. The van der Waals surface area contributed by atoms with Crippen molar-refractivity contribution in [2.24, 2.45) is 0 Å². The number of rotatable bonds is 6. The highest BCUT2D eigenvalue weighted by molar-refractivity contribution is 5.98. The molecule has 6 nitrogen and oxygen atoms in total. The molecule has 0 aromatic heterocycles. The van der Waals surface area contributed by atoms with E-state index in [0.717, 1.165) is 6.42 Å². The standard InChI is InChI=1S/C13H18N2O4/c1-3-5-10(16)8-14-13(17)11-7-4-6-9(2)12(11)15(18)19/h4,6-7,10,16H,3,5,8H2,1-2H3,(H,14,17). The van der Waals surface area contributed by atoms with E-state index >= 15 is 0 Å². The minimum absolute atomic E-state index is 0.0219. The van der Waals surface area contributed by atoms with Gasteiger partial charge in [-0.1, -0.05) is 25.5 Å². The lowest BCUT2D eigenvalue weighted by Gasteiger charge is -2.11. The molecule has 1 rings (SSSR count). The van der Waals surface area contributed by atoms with Crippen molar-refractivity contribution in [3.05, 3.63) is 39.4 Å². The quantitative estimate of drug-likeness (QED) is 0.606. The number of nitro benzene ring substituents is 1. The Morgan fingerprint density at radius 3 is 2.79 bits per heavy atom. The molecule has 0 aliphatic rings. The summed E-state index contributed by atoms with van der Waals surface area (Å²) in [6, 6.07) is 4.59. The third kappa shape index (κ3) is 4.03. The normalized spacial score (nSPS) is 11.9. The van der Waals surface area contributed by atoms with Crippen LogP contribution in [-0.4, -0.2) is 28.6 Å². The van der Waals surface area contributed by atoms with Crippen molar-refractivity contribution in [1.82, 2.24) is 5.32 Å². The van der Waals surface area contributed by atoms with E-state index in [4.69, 9.17) is 0 Å². The third-order valence-electron chi connectivity index (χ3n) is 2.79. The highest BCUT2D eigenvalue weighted by Crippen LogP contribution is 2.22. The fourth-order valence-corrected chi connectivity index (χ4v) is 1.83. The summed E-state index contributed by atoms with van der Waals surface area (Å²) in [5.74, 6) is -0.537. The van der Waals surface area contributed by atoms with Gasteiger partial charge in [-0.05, 0) is 19.4 Å². The smallest absolute Gasteiger partial charge is 0.285 e. The number of hydrogen-bond donors (Lipinski definition) is 2. The summed E-state index contributed by atoms with van der Waals surface area (Å²) in [5, 5.41) is 23.0. The van der Waals surface area contributed by atoms with Crippen molar-refractivity contribution < 1.29 is 14.8 Å². The van der Waals surface area contributed by atoms with Crippen LogP contribution in [0.1, 0.15) is 35.7 Å². The van der Waals surface area contributed by atoms with Crippen LogP contribution < -0.4 is 5.32 Å². The summed E-state index contributed by atoms with van der Waals surface area (Å²) in [4.78, 5) is 22.3. The van der Waals surface area contributed by atoms with Crippen LogP contribution in [-0.2, 0) is 0 Å². The molecule has 6 heteroatoms. The van der Waals surface area contributed by atoms with Gasteiger partial charge >= 0.3 is 0 Å². The van der Waals surface area contributed by atoms with Gasteiger partial charge in [-0.3, -0.25) is 14.9 Å². The van der Waals surface area contributed by atoms with Crippen molar-refractivity contribution in [3.8, 4) is 0 Å². The second-order valence-corrected chi connectivity index (χ2v) is 4.38. The van der Waals surface area contributed by atoms with Gasteiger partial charge in [0.2, 0.25) is 0 Å². The molecule has 0 spiro atoms. The number of aliphatic hydroxyl groups excluding tert-OH is 1. The van der Waals surface area contributed by atoms with Crippen molar-refractivity contribution in [2.45, 2.75) is 32.8 Å². The molecule has 1 atom stereocenters. The predicted molar refractivity (Wildman–Crippen MR) is 71.1 cm³/mol. The molecule has 104 valence electrons. The lowest BCUT2D eigenvalue weighted by Crippen LogP contribution is -2.32. The van der Waals surface area contributed by atoms with Gasteiger partial charge < -0.3 is 10.4 Å². The number of nitrogens with one attached hydrogen (secondary N) is 1.